The molecular weight excluding hydrogens is 394 g/mol. The average Bonchev–Trinajstić information content (AvgIpc) is 2.70. The van der Waals surface area contributed by atoms with E-state index in [4.69, 9.17) is 11.5 Å². The number of carbonyl (C=O) groups is 5. The summed E-state index contributed by atoms with van der Waals surface area (Å²) in [6, 6.07) is -3.24. The summed E-state index contributed by atoms with van der Waals surface area (Å²) in [5, 5.41) is 16.8. The number of carbonyl (C=O) groups excluding carboxylic acids is 4. The summed E-state index contributed by atoms with van der Waals surface area (Å²) in [7, 11) is 0. The van der Waals surface area contributed by atoms with E-state index in [0.29, 0.717) is 12.8 Å². The molecule has 0 aliphatic heterocycles. The van der Waals surface area contributed by atoms with Crippen molar-refractivity contribution >= 4 is 29.6 Å². The van der Waals surface area contributed by atoms with Gasteiger partial charge in [0.2, 0.25) is 23.6 Å². The SMILES string of the molecule is CCC(C)C(NC(=O)CN)C(=O)NC(C(=O)NC(CCC(N)=O)C(=O)O)C(C)CC. The third kappa shape index (κ3) is 9.21. The van der Waals surface area contributed by atoms with Crippen LogP contribution in [0, 0.1) is 11.8 Å². The topological polar surface area (TPSA) is 194 Å². The van der Waals surface area contributed by atoms with E-state index in [1.807, 2.05) is 13.8 Å². The van der Waals surface area contributed by atoms with Gasteiger partial charge in [-0.3, -0.25) is 19.2 Å². The van der Waals surface area contributed by atoms with Crippen LogP contribution in [-0.4, -0.2) is 59.4 Å². The normalized spacial score (nSPS) is 15.8. The Morgan fingerprint density at radius 2 is 1.33 bits per heavy atom. The molecule has 0 heterocycles. The van der Waals surface area contributed by atoms with Crippen molar-refractivity contribution in [3.63, 3.8) is 0 Å². The first-order valence-corrected chi connectivity index (χ1v) is 10.1. The molecule has 0 rings (SSSR count). The average molecular weight is 430 g/mol. The minimum Gasteiger partial charge on any atom is -0.480 e. The third-order valence-corrected chi connectivity index (χ3v) is 5.08. The van der Waals surface area contributed by atoms with E-state index < -0.39 is 47.7 Å². The molecule has 0 saturated heterocycles. The molecule has 0 aromatic rings. The number of rotatable bonds is 14. The van der Waals surface area contributed by atoms with Gasteiger partial charge in [0, 0.05) is 6.42 Å². The lowest BCUT2D eigenvalue weighted by atomic mass is 9.94. The second kappa shape index (κ2) is 13.5. The number of primary amides is 1. The molecule has 0 aliphatic rings. The molecule has 11 heteroatoms. The first-order valence-electron chi connectivity index (χ1n) is 10.1. The number of nitrogens with one attached hydrogen (secondary N) is 3. The summed E-state index contributed by atoms with van der Waals surface area (Å²) in [6.07, 6.45) is 0.746. The molecular formula is C19H35N5O6. The van der Waals surface area contributed by atoms with Gasteiger partial charge >= 0.3 is 5.97 Å². The van der Waals surface area contributed by atoms with Gasteiger partial charge in [-0.2, -0.15) is 0 Å². The number of aliphatic carboxylic acids is 1. The minimum atomic E-state index is -1.32. The molecule has 5 unspecified atom stereocenters. The quantitative estimate of drug-likeness (QED) is 0.200. The largest absolute Gasteiger partial charge is 0.480 e. The van der Waals surface area contributed by atoms with Crippen LogP contribution in [0.25, 0.3) is 0 Å². The highest BCUT2D eigenvalue weighted by Crippen LogP contribution is 2.13. The number of hydrogen-bond acceptors (Lipinski definition) is 6. The molecule has 0 aromatic carbocycles. The Bertz CT molecular complexity index is 627. The van der Waals surface area contributed by atoms with E-state index >= 15 is 0 Å². The van der Waals surface area contributed by atoms with Crippen molar-refractivity contribution in [2.75, 3.05) is 6.54 Å². The van der Waals surface area contributed by atoms with Crippen LogP contribution in [0.5, 0.6) is 0 Å². The lowest BCUT2D eigenvalue weighted by Gasteiger charge is -2.29. The van der Waals surface area contributed by atoms with E-state index in [1.165, 1.54) is 0 Å². The second-order valence-corrected chi connectivity index (χ2v) is 7.41. The van der Waals surface area contributed by atoms with Crippen LogP contribution in [0.3, 0.4) is 0 Å². The number of nitrogens with two attached hydrogens (primary N) is 2. The van der Waals surface area contributed by atoms with Gasteiger partial charge in [0.1, 0.15) is 18.1 Å². The molecule has 0 radical (unpaired) electrons. The van der Waals surface area contributed by atoms with Crippen LogP contribution in [0.2, 0.25) is 0 Å². The van der Waals surface area contributed by atoms with Gasteiger partial charge in [-0.15, -0.1) is 0 Å². The second-order valence-electron chi connectivity index (χ2n) is 7.41. The molecule has 0 bridgehead atoms. The summed E-state index contributed by atoms with van der Waals surface area (Å²) in [6.45, 7) is 6.91. The lowest BCUT2D eigenvalue weighted by molar-refractivity contribution is -0.143. The van der Waals surface area contributed by atoms with Gasteiger partial charge in [0.05, 0.1) is 6.54 Å². The number of carboxylic acids is 1. The maximum Gasteiger partial charge on any atom is 0.326 e. The van der Waals surface area contributed by atoms with Crippen molar-refractivity contribution in [2.24, 2.45) is 23.3 Å². The van der Waals surface area contributed by atoms with Gasteiger partial charge in [-0.05, 0) is 18.3 Å². The Balaban J connectivity index is 5.47. The zero-order chi connectivity index (χ0) is 23.4. The minimum absolute atomic E-state index is 0.167. The van der Waals surface area contributed by atoms with Crippen molar-refractivity contribution in [1.82, 2.24) is 16.0 Å². The van der Waals surface area contributed by atoms with Crippen LogP contribution in [0.4, 0.5) is 0 Å². The van der Waals surface area contributed by atoms with Crippen LogP contribution in [-0.2, 0) is 24.0 Å². The molecule has 0 spiro atoms. The van der Waals surface area contributed by atoms with Gasteiger partial charge in [0.25, 0.3) is 0 Å². The fourth-order valence-electron chi connectivity index (χ4n) is 2.68. The molecule has 4 amide bonds. The molecule has 8 N–H and O–H groups in total. The highest BCUT2D eigenvalue weighted by molar-refractivity contribution is 5.94. The highest BCUT2D eigenvalue weighted by atomic mass is 16.4. The van der Waals surface area contributed by atoms with E-state index in [9.17, 15) is 29.1 Å². The van der Waals surface area contributed by atoms with Gasteiger partial charge in [0.15, 0.2) is 0 Å². The maximum atomic E-state index is 12.8. The predicted molar refractivity (Wildman–Crippen MR) is 110 cm³/mol. The summed E-state index contributed by atoms with van der Waals surface area (Å²) >= 11 is 0. The highest BCUT2D eigenvalue weighted by Gasteiger charge is 2.33. The van der Waals surface area contributed by atoms with Crippen LogP contribution >= 0.6 is 0 Å². The first-order chi connectivity index (χ1) is 14.0. The van der Waals surface area contributed by atoms with Crippen molar-refractivity contribution in [3.8, 4) is 0 Å². The van der Waals surface area contributed by atoms with E-state index in [0.717, 1.165) is 0 Å². The zero-order valence-electron chi connectivity index (χ0n) is 18.1. The van der Waals surface area contributed by atoms with Crippen LogP contribution in [0.1, 0.15) is 53.4 Å². The summed E-state index contributed by atoms with van der Waals surface area (Å²) in [5.74, 6) is -4.29. The lowest BCUT2D eigenvalue weighted by Crippen LogP contribution is -2.59. The fourth-order valence-corrected chi connectivity index (χ4v) is 2.68. The predicted octanol–water partition coefficient (Wildman–Crippen LogP) is -1.16. The Morgan fingerprint density at radius 3 is 1.73 bits per heavy atom. The number of amides is 4. The number of carboxylic acid groups (broad SMARTS) is 1. The fraction of sp³-hybridized carbons (Fsp3) is 0.737. The summed E-state index contributed by atoms with van der Waals surface area (Å²) in [4.78, 5) is 59.7. The van der Waals surface area contributed by atoms with Crippen LogP contribution < -0.4 is 27.4 Å². The molecule has 0 saturated carbocycles. The van der Waals surface area contributed by atoms with E-state index in [1.54, 1.807) is 13.8 Å². The van der Waals surface area contributed by atoms with Crippen molar-refractivity contribution in [2.45, 2.75) is 71.5 Å². The number of hydrogen-bond donors (Lipinski definition) is 6. The third-order valence-electron chi connectivity index (χ3n) is 5.08. The summed E-state index contributed by atoms with van der Waals surface area (Å²) < 4.78 is 0. The smallest absolute Gasteiger partial charge is 0.326 e. The van der Waals surface area contributed by atoms with Gasteiger partial charge in [-0.1, -0.05) is 40.5 Å². The molecule has 0 fully saturated rings. The molecule has 11 nitrogen and oxygen atoms in total. The van der Waals surface area contributed by atoms with Crippen molar-refractivity contribution in [1.29, 1.82) is 0 Å². The van der Waals surface area contributed by atoms with Crippen molar-refractivity contribution in [3.05, 3.63) is 0 Å². The first kappa shape index (κ1) is 27.3. The Morgan fingerprint density at radius 1 is 0.867 bits per heavy atom. The Hall–Kier alpha value is -2.69. The maximum absolute atomic E-state index is 12.8. The van der Waals surface area contributed by atoms with Gasteiger partial charge in [-0.25, -0.2) is 4.79 Å². The molecule has 0 aliphatic carbocycles. The van der Waals surface area contributed by atoms with Crippen molar-refractivity contribution < 1.29 is 29.1 Å². The Labute approximate surface area is 176 Å². The standard InChI is InChI=1S/C19H35N5O6/c1-5-10(3)15(23-14(26)9-20)18(28)24-16(11(4)6-2)17(27)22-12(19(29)30)7-8-13(21)25/h10-12,15-16H,5-9,20H2,1-4H3,(H2,21,25)(H,22,27)(H,23,26)(H,24,28)(H,29,30). The monoisotopic (exact) mass is 429 g/mol. The van der Waals surface area contributed by atoms with E-state index in [-0.39, 0.29) is 31.2 Å². The zero-order valence-corrected chi connectivity index (χ0v) is 18.1. The van der Waals surface area contributed by atoms with E-state index in [2.05, 4.69) is 16.0 Å². The van der Waals surface area contributed by atoms with Gasteiger partial charge < -0.3 is 32.5 Å². The molecule has 172 valence electrons. The van der Waals surface area contributed by atoms with Crippen LogP contribution in [0.15, 0.2) is 0 Å². The summed E-state index contributed by atoms with van der Waals surface area (Å²) in [5.41, 5.74) is 10.4. The Kier molecular flexibility index (Phi) is 12.3. The molecule has 0 aromatic heterocycles. The molecule has 5 atom stereocenters. The molecule has 30 heavy (non-hydrogen) atoms.